The number of anilines is 2. The number of rotatable bonds is 5. The molecule has 1 N–H and O–H groups in total. The molecule has 0 unspecified atom stereocenters. The minimum atomic E-state index is 0.00628. The SMILES string of the molecule is CCCC(=O)Nc1cc(N2CCN(C(C)C)CC2)ncn1. The Morgan fingerprint density at radius 3 is 2.62 bits per heavy atom. The first-order valence-electron chi connectivity index (χ1n) is 7.71. The number of carbonyl (C=O) groups is 1. The zero-order valence-corrected chi connectivity index (χ0v) is 13.2. The van der Waals surface area contributed by atoms with Gasteiger partial charge in [0.1, 0.15) is 18.0 Å². The number of nitrogens with zero attached hydrogens (tertiary/aromatic N) is 4. The monoisotopic (exact) mass is 291 g/mol. The predicted octanol–water partition coefficient (Wildman–Crippen LogP) is 1.75. The molecule has 0 saturated carbocycles. The van der Waals surface area contributed by atoms with E-state index in [4.69, 9.17) is 0 Å². The van der Waals surface area contributed by atoms with Crippen molar-refractivity contribution < 1.29 is 4.79 Å². The van der Waals surface area contributed by atoms with Crippen molar-refractivity contribution in [3.8, 4) is 0 Å². The Hall–Kier alpha value is -1.69. The summed E-state index contributed by atoms with van der Waals surface area (Å²) in [6.45, 7) is 10.4. The normalized spacial score (nSPS) is 16.3. The van der Waals surface area contributed by atoms with E-state index in [9.17, 15) is 4.79 Å². The Bertz CT molecular complexity index is 469. The van der Waals surface area contributed by atoms with Crippen LogP contribution in [-0.4, -0.2) is 53.0 Å². The van der Waals surface area contributed by atoms with Crippen LogP contribution < -0.4 is 10.2 Å². The van der Waals surface area contributed by atoms with Crippen LogP contribution in [0.15, 0.2) is 12.4 Å². The van der Waals surface area contributed by atoms with Gasteiger partial charge in [0.2, 0.25) is 5.91 Å². The van der Waals surface area contributed by atoms with Crippen molar-refractivity contribution in [2.45, 2.75) is 39.7 Å². The Morgan fingerprint density at radius 2 is 2.00 bits per heavy atom. The standard InChI is InChI=1S/C15H25N5O/c1-4-5-15(21)18-13-10-14(17-11-16-13)20-8-6-19(7-9-20)12(2)3/h10-12H,4-9H2,1-3H3,(H,16,17,18,21). The molecule has 1 saturated heterocycles. The minimum Gasteiger partial charge on any atom is -0.354 e. The van der Waals surface area contributed by atoms with Gasteiger partial charge in [0.05, 0.1) is 0 Å². The Labute approximate surface area is 126 Å². The zero-order chi connectivity index (χ0) is 15.2. The molecule has 0 aromatic carbocycles. The third-order valence-corrected chi connectivity index (χ3v) is 3.77. The second-order valence-corrected chi connectivity index (χ2v) is 5.68. The van der Waals surface area contributed by atoms with Crippen LogP contribution in [-0.2, 0) is 4.79 Å². The van der Waals surface area contributed by atoms with Crippen molar-refractivity contribution in [3.63, 3.8) is 0 Å². The number of piperazine rings is 1. The molecule has 116 valence electrons. The van der Waals surface area contributed by atoms with Gasteiger partial charge in [-0.1, -0.05) is 6.92 Å². The second-order valence-electron chi connectivity index (χ2n) is 5.68. The van der Waals surface area contributed by atoms with E-state index in [1.165, 1.54) is 6.33 Å². The van der Waals surface area contributed by atoms with E-state index in [1.54, 1.807) is 0 Å². The number of aromatic nitrogens is 2. The number of hydrogen-bond donors (Lipinski definition) is 1. The molecule has 0 bridgehead atoms. The molecule has 1 amide bonds. The number of hydrogen-bond acceptors (Lipinski definition) is 5. The van der Waals surface area contributed by atoms with Crippen LogP contribution >= 0.6 is 0 Å². The van der Waals surface area contributed by atoms with Gasteiger partial charge in [-0.25, -0.2) is 9.97 Å². The van der Waals surface area contributed by atoms with E-state index in [2.05, 4.69) is 38.9 Å². The summed E-state index contributed by atoms with van der Waals surface area (Å²) in [5.74, 6) is 1.48. The van der Waals surface area contributed by atoms with Crippen LogP contribution in [0.2, 0.25) is 0 Å². The van der Waals surface area contributed by atoms with E-state index >= 15 is 0 Å². The van der Waals surface area contributed by atoms with Gasteiger partial charge in [-0.2, -0.15) is 0 Å². The summed E-state index contributed by atoms with van der Waals surface area (Å²) in [5.41, 5.74) is 0. The van der Waals surface area contributed by atoms with Gasteiger partial charge >= 0.3 is 0 Å². The zero-order valence-electron chi connectivity index (χ0n) is 13.2. The van der Waals surface area contributed by atoms with Crippen molar-refractivity contribution in [2.24, 2.45) is 0 Å². The third-order valence-electron chi connectivity index (χ3n) is 3.77. The first-order chi connectivity index (χ1) is 10.1. The Balaban J connectivity index is 1.96. The van der Waals surface area contributed by atoms with E-state index in [0.29, 0.717) is 18.3 Å². The molecule has 2 rings (SSSR count). The second kappa shape index (κ2) is 7.36. The summed E-state index contributed by atoms with van der Waals surface area (Å²) < 4.78 is 0. The van der Waals surface area contributed by atoms with Gasteiger partial charge in [-0.15, -0.1) is 0 Å². The van der Waals surface area contributed by atoms with Crippen LogP contribution in [0.4, 0.5) is 11.6 Å². The van der Waals surface area contributed by atoms with Gasteiger partial charge in [0.15, 0.2) is 0 Å². The molecule has 6 heteroatoms. The van der Waals surface area contributed by atoms with Gasteiger partial charge in [-0.05, 0) is 20.3 Å². The average Bonchev–Trinajstić information content (AvgIpc) is 2.48. The molecule has 21 heavy (non-hydrogen) atoms. The molecular weight excluding hydrogens is 266 g/mol. The van der Waals surface area contributed by atoms with E-state index in [1.807, 2.05) is 13.0 Å². The fraction of sp³-hybridized carbons (Fsp3) is 0.667. The van der Waals surface area contributed by atoms with Gasteiger partial charge in [-0.3, -0.25) is 9.69 Å². The highest BCUT2D eigenvalue weighted by molar-refractivity contribution is 5.89. The topological polar surface area (TPSA) is 61.4 Å². The maximum atomic E-state index is 11.6. The molecule has 0 aliphatic carbocycles. The minimum absolute atomic E-state index is 0.00628. The summed E-state index contributed by atoms with van der Waals surface area (Å²) >= 11 is 0. The van der Waals surface area contributed by atoms with E-state index < -0.39 is 0 Å². The predicted molar refractivity (Wildman–Crippen MR) is 84.5 cm³/mol. The summed E-state index contributed by atoms with van der Waals surface area (Å²) in [4.78, 5) is 24.8. The fourth-order valence-corrected chi connectivity index (χ4v) is 2.49. The van der Waals surface area contributed by atoms with Gasteiger partial charge in [0.25, 0.3) is 0 Å². The summed E-state index contributed by atoms with van der Waals surface area (Å²) in [6.07, 6.45) is 2.87. The lowest BCUT2D eigenvalue weighted by Gasteiger charge is -2.37. The lowest BCUT2D eigenvalue weighted by Crippen LogP contribution is -2.49. The fourth-order valence-electron chi connectivity index (χ4n) is 2.49. The first-order valence-corrected chi connectivity index (χ1v) is 7.71. The average molecular weight is 291 g/mol. The highest BCUT2D eigenvalue weighted by Crippen LogP contribution is 2.17. The first kappa shape index (κ1) is 15.7. The third kappa shape index (κ3) is 4.39. The van der Waals surface area contributed by atoms with Gasteiger partial charge < -0.3 is 10.2 Å². The molecule has 1 aliphatic heterocycles. The molecular formula is C15H25N5O. The quantitative estimate of drug-likeness (QED) is 0.895. The summed E-state index contributed by atoms with van der Waals surface area (Å²) in [6, 6.07) is 2.44. The van der Waals surface area contributed by atoms with Crippen LogP contribution in [0.25, 0.3) is 0 Å². The lowest BCUT2D eigenvalue weighted by molar-refractivity contribution is -0.116. The van der Waals surface area contributed by atoms with Crippen molar-refractivity contribution in [1.82, 2.24) is 14.9 Å². The molecule has 2 heterocycles. The maximum absolute atomic E-state index is 11.6. The highest BCUT2D eigenvalue weighted by atomic mass is 16.1. The number of carbonyl (C=O) groups excluding carboxylic acids is 1. The lowest BCUT2D eigenvalue weighted by atomic mass is 10.2. The number of nitrogens with one attached hydrogen (secondary N) is 1. The van der Waals surface area contributed by atoms with Crippen LogP contribution in [0.3, 0.4) is 0 Å². The molecule has 6 nitrogen and oxygen atoms in total. The van der Waals surface area contributed by atoms with Crippen LogP contribution in [0, 0.1) is 0 Å². The molecule has 0 atom stereocenters. The highest BCUT2D eigenvalue weighted by Gasteiger charge is 2.20. The molecule has 1 aromatic heterocycles. The Morgan fingerprint density at radius 1 is 1.29 bits per heavy atom. The summed E-state index contributed by atoms with van der Waals surface area (Å²) in [5, 5.41) is 2.82. The van der Waals surface area contributed by atoms with Crippen LogP contribution in [0.1, 0.15) is 33.6 Å². The molecule has 0 radical (unpaired) electrons. The molecule has 1 aromatic rings. The van der Waals surface area contributed by atoms with E-state index in [0.717, 1.165) is 38.4 Å². The van der Waals surface area contributed by atoms with Crippen molar-refractivity contribution in [3.05, 3.63) is 12.4 Å². The van der Waals surface area contributed by atoms with Crippen LogP contribution in [0.5, 0.6) is 0 Å². The Kier molecular flexibility index (Phi) is 5.50. The van der Waals surface area contributed by atoms with Crippen molar-refractivity contribution in [2.75, 3.05) is 36.4 Å². The molecule has 1 fully saturated rings. The van der Waals surface area contributed by atoms with Crippen molar-refractivity contribution >= 4 is 17.5 Å². The maximum Gasteiger partial charge on any atom is 0.225 e. The van der Waals surface area contributed by atoms with Gasteiger partial charge in [0, 0.05) is 44.7 Å². The molecule has 0 spiro atoms. The number of amides is 1. The smallest absolute Gasteiger partial charge is 0.225 e. The molecule has 1 aliphatic rings. The largest absolute Gasteiger partial charge is 0.354 e. The van der Waals surface area contributed by atoms with Crippen molar-refractivity contribution in [1.29, 1.82) is 0 Å². The summed E-state index contributed by atoms with van der Waals surface area (Å²) in [7, 11) is 0. The van der Waals surface area contributed by atoms with E-state index in [-0.39, 0.29) is 5.91 Å².